The molecule has 2 aliphatic heterocycles. The van der Waals surface area contributed by atoms with Crippen molar-refractivity contribution < 1.29 is 18.0 Å². The number of hydrogen-bond donors (Lipinski definition) is 2. The molecule has 30 heavy (non-hydrogen) atoms. The van der Waals surface area contributed by atoms with Crippen molar-refractivity contribution in [3.63, 3.8) is 0 Å². The fourth-order valence-corrected chi connectivity index (χ4v) is 6.76. The highest BCUT2D eigenvalue weighted by Gasteiger charge is 2.33. The highest BCUT2D eigenvalue weighted by Crippen LogP contribution is 2.34. The maximum Gasteiger partial charge on any atom is 0.243 e. The molecule has 7 nitrogen and oxygen atoms in total. The molecule has 2 heterocycles. The Kier molecular flexibility index (Phi) is 6.69. The van der Waals surface area contributed by atoms with E-state index < -0.39 is 10.0 Å². The van der Waals surface area contributed by atoms with Gasteiger partial charge < -0.3 is 10.6 Å². The smallest absolute Gasteiger partial charge is 0.243 e. The van der Waals surface area contributed by atoms with Crippen LogP contribution in [0.1, 0.15) is 51.4 Å². The van der Waals surface area contributed by atoms with Gasteiger partial charge in [0.25, 0.3) is 0 Å². The average Bonchev–Trinajstić information content (AvgIpc) is 3.02. The third-order valence-electron chi connectivity index (χ3n) is 6.25. The van der Waals surface area contributed by atoms with Crippen LogP contribution in [0, 0.1) is 5.92 Å². The fourth-order valence-electron chi connectivity index (χ4n) is 4.47. The lowest BCUT2D eigenvalue weighted by Gasteiger charge is -2.31. The Morgan fingerprint density at radius 1 is 1.07 bits per heavy atom. The molecule has 1 saturated heterocycles. The molecule has 4 rings (SSSR count). The van der Waals surface area contributed by atoms with E-state index in [1.807, 2.05) is 0 Å². The van der Waals surface area contributed by atoms with Gasteiger partial charge in [-0.05, 0) is 43.9 Å². The van der Waals surface area contributed by atoms with E-state index in [2.05, 4.69) is 10.6 Å². The number of benzene rings is 1. The lowest BCUT2D eigenvalue weighted by atomic mass is 9.96. The van der Waals surface area contributed by atoms with Crippen LogP contribution in [0.15, 0.2) is 28.0 Å². The van der Waals surface area contributed by atoms with Gasteiger partial charge in [0, 0.05) is 29.9 Å². The Balaban J connectivity index is 1.36. The minimum Gasteiger partial charge on any atom is -0.353 e. The molecular weight excluding hydrogens is 422 g/mol. The second-order valence-electron chi connectivity index (χ2n) is 8.37. The predicted octanol–water partition coefficient (Wildman–Crippen LogP) is 2.97. The summed E-state index contributed by atoms with van der Waals surface area (Å²) in [7, 11) is -3.65. The Morgan fingerprint density at radius 2 is 1.77 bits per heavy atom. The fraction of sp³-hybridized carbons (Fsp3) is 0.619. The minimum atomic E-state index is -3.65. The van der Waals surface area contributed by atoms with E-state index in [1.165, 1.54) is 41.8 Å². The van der Waals surface area contributed by atoms with Crippen molar-refractivity contribution in [1.82, 2.24) is 9.62 Å². The summed E-state index contributed by atoms with van der Waals surface area (Å²) in [5.41, 5.74) is 0.551. The second kappa shape index (κ2) is 9.28. The molecule has 0 bridgehead atoms. The highest BCUT2D eigenvalue weighted by atomic mass is 32.2. The zero-order chi connectivity index (χ0) is 21.1. The first-order chi connectivity index (χ1) is 14.4. The third kappa shape index (κ3) is 4.84. The molecule has 9 heteroatoms. The largest absolute Gasteiger partial charge is 0.353 e. The Labute approximate surface area is 182 Å². The van der Waals surface area contributed by atoms with Gasteiger partial charge in [-0.15, -0.1) is 11.8 Å². The zero-order valence-electron chi connectivity index (χ0n) is 17.1. The maximum absolute atomic E-state index is 13.1. The normalized spacial score (nSPS) is 22.1. The van der Waals surface area contributed by atoms with E-state index in [0.717, 1.165) is 17.7 Å². The summed E-state index contributed by atoms with van der Waals surface area (Å²) < 4.78 is 27.6. The number of nitrogens with zero attached hydrogens (tertiary/aromatic N) is 1. The van der Waals surface area contributed by atoms with Crippen LogP contribution in [0.5, 0.6) is 0 Å². The van der Waals surface area contributed by atoms with Gasteiger partial charge in [0.05, 0.1) is 16.3 Å². The number of thioether (sulfide) groups is 1. The predicted molar refractivity (Wildman–Crippen MR) is 117 cm³/mol. The van der Waals surface area contributed by atoms with Crippen molar-refractivity contribution in [2.75, 3.05) is 24.2 Å². The van der Waals surface area contributed by atoms with Crippen LogP contribution in [0.2, 0.25) is 0 Å². The molecule has 2 fully saturated rings. The van der Waals surface area contributed by atoms with Crippen LogP contribution in [0.3, 0.4) is 0 Å². The van der Waals surface area contributed by atoms with Crippen molar-refractivity contribution in [1.29, 1.82) is 0 Å². The number of carbonyl (C=O) groups excluding carboxylic acids is 2. The molecular formula is C21H29N3O4S2. The monoisotopic (exact) mass is 451 g/mol. The number of carbonyl (C=O) groups is 2. The molecule has 1 aliphatic carbocycles. The van der Waals surface area contributed by atoms with Crippen LogP contribution >= 0.6 is 11.8 Å². The molecule has 164 valence electrons. The van der Waals surface area contributed by atoms with Crippen LogP contribution < -0.4 is 10.6 Å². The quantitative estimate of drug-likeness (QED) is 0.686. The number of sulfonamides is 1. The van der Waals surface area contributed by atoms with E-state index in [4.69, 9.17) is 0 Å². The Bertz CT molecular complexity index is 903. The van der Waals surface area contributed by atoms with Crippen molar-refractivity contribution in [3.8, 4) is 0 Å². The summed E-state index contributed by atoms with van der Waals surface area (Å²) in [4.78, 5) is 25.4. The molecule has 0 radical (unpaired) electrons. The second-order valence-corrected chi connectivity index (χ2v) is 11.3. The maximum atomic E-state index is 13.1. The molecule has 3 aliphatic rings. The standard InChI is InChI=1S/C21H29N3O4S2/c25-20-14-29-19-8-7-17(13-18(19)23-20)30(27,28)24-11-9-15(10-12-24)21(26)22-16-5-3-1-2-4-6-16/h7-8,13,15-16H,1-6,9-12,14H2,(H,22,26)(H,23,25). The van der Waals surface area contributed by atoms with E-state index in [-0.39, 0.29) is 28.7 Å². The third-order valence-corrected chi connectivity index (χ3v) is 9.22. The van der Waals surface area contributed by atoms with Crippen molar-refractivity contribution >= 4 is 39.3 Å². The topological polar surface area (TPSA) is 95.6 Å². The number of nitrogens with one attached hydrogen (secondary N) is 2. The minimum absolute atomic E-state index is 0.0764. The first kappa shape index (κ1) is 21.6. The van der Waals surface area contributed by atoms with Crippen molar-refractivity contribution in [2.45, 2.75) is 67.2 Å². The van der Waals surface area contributed by atoms with Gasteiger partial charge in [0.2, 0.25) is 21.8 Å². The number of piperidine rings is 1. The summed E-state index contributed by atoms with van der Waals surface area (Å²) in [5, 5.41) is 5.95. The number of fused-ring (bicyclic) bond motifs is 1. The average molecular weight is 452 g/mol. The van der Waals surface area contributed by atoms with Gasteiger partial charge in [0.1, 0.15) is 0 Å². The number of amides is 2. The highest BCUT2D eigenvalue weighted by molar-refractivity contribution is 8.00. The summed E-state index contributed by atoms with van der Waals surface area (Å²) in [6.45, 7) is 0.673. The molecule has 2 amide bonds. The molecule has 0 unspecified atom stereocenters. The van der Waals surface area contributed by atoms with Gasteiger partial charge in [-0.1, -0.05) is 25.7 Å². The van der Waals surface area contributed by atoms with E-state index in [0.29, 0.717) is 37.4 Å². The first-order valence-corrected chi connectivity index (χ1v) is 13.2. The summed E-state index contributed by atoms with van der Waals surface area (Å²) in [6.07, 6.45) is 7.99. The molecule has 0 spiro atoms. The van der Waals surface area contributed by atoms with Crippen LogP contribution in [0.4, 0.5) is 5.69 Å². The summed E-state index contributed by atoms with van der Waals surface area (Å²) in [5.74, 6) is 0.171. The summed E-state index contributed by atoms with van der Waals surface area (Å²) >= 11 is 1.41. The van der Waals surface area contributed by atoms with Gasteiger partial charge in [0.15, 0.2) is 0 Å². The Morgan fingerprint density at radius 3 is 2.47 bits per heavy atom. The van der Waals surface area contributed by atoms with Gasteiger partial charge in [-0.25, -0.2) is 8.42 Å². The van der Waals surface area contributed by atoms with Crippen LogP contribution in [-0.2, 0) is 19.6 Å². The van der Waals surface area contributed by atoms with Gasteiger partial charge in [-0.3, -0.25) is 9.59 Å². The molecule has 0 aromatic heterocycles. The molecule has 1 aromatic rings. The molecule has 2 N–H and O–H groups in total. The van der Waals surface area contributed by atoms with Crippen LogP contribution in [-0.4, -0.2) is 49.4 Å². The van der Waals surface area contributed by atoms with E-state index >= 15 is 0 Å². The van der Waals surface area contributed by atoms with E-state index in [1.54, 1.807) is 18.2 Å². The van der Waals surface area contributed by atoms with Gasteiger partial charge in [-0.2, -0.15) is 4.31 Å². The van der Waals surface area contributed by atoms with Crippen molar-refractivity contribution in [2.24, 2.45) is 5.92 Å². The molecule has 0 atom stereocenters. The number of anilines is 1. The lowest BCUT2D eigenvalue weighted by molar-refractivity contribution is -0.127. The van der Waals surface area contributed by atoms with E-state index in [9.17, 15) is 18.0 Å². The SMILES string of the molecule is O=C1CSc2ccc(S(=O)(=O)N3CCC(C(=O)NC4CCCCCC4)CC3)cc2N1. The zero-order valence-corrected chi connectivity index (χ0v) is 18.7. The number of hydrogen-bond acceptors (Lipinski definition) is 5. The molecule has 1 saturated carbocycles. The number of rotatable bonds is 4. The van der Waals surface area contributed by atoms with Crippen molar-refractivity contribution in [3.05, 3.63) is 18.2 Å². The Hall–Kier alpha value is -1.58. The molecule has 1 aromatic carbocycles. The van der Waals surface area contributed by atoms with Crippen LogP contribution in [0.25, 0.3) is 0 Å². The summed E-state index contributed by atoms with van der Waals surface area (Å²) in [6, 6.07) is 5.16. The first-order valence-electron chi connectivity index (χ1n) is 10.8. The lowest BCUT2D eigenvalue weighted by Crippen LogP contribution is -2.45. The van der Waals surface area contributed by atoms with Gasteiger partial charge >= 0.3 is 0 Å².